The van der Waals surface area contributed by atoms with E-state index in [9.17, 15) is 19.0 Å². The molecule has 0 aliphatic rings. The molecule has 56 heavy (non-hydrogen) atoms. The van der Waals surface area contributed by atoms with Gasteiger partial charge < -0.3 is 13.9 Å². The summed E-state index contributed by atoms with van der Waals surface area (Å²) in [5.74, 6) is 1.20. The molecule has 0 aliphatic heterocycles. The van der Waals surface area contributed by atoms with Crippen LogP contribution in [-0.2, 0) is 32.7 Å². The molecule has 0 radical (unpaired) electrons. The van der Waals surface area contributed by atoms with Crippen molar-refractivity contribution in [3.05, 3.63) is 0 Å². The first kappa shape index (κ1) is 56.7. The molecule has 0 rings (SSSR count). The first-order chi connectivity index (χ1) is 27.0. The van der Waals surface area contributed by atoms with E-state index in [1.54, 1.807) is 0 Å². The van der Waals surface area contributed by atoms with Crippen molar-refractivity contribution in [2.24, 2.45) is 0 Å². The van der Waals surface area contributed by atoms with Crippen molar-refractivity contribution in [1.29, 1.82) is 0 Å². The Morgan fingerprint density at radius 3 is 1.34 bits per heavy atom. The molecular weight excluding hydrogens is 899 g/mol. The molecule has 2 atom stereocenters. The first-order valence-electron chi connectivity index (χ1n) is 22.1. The van der Waals surface area contributed by atoms with E-state index in [0.717, 1.165) is 73.5 Å². The van der Waals surface area contributed by atoms with Crippen LogP contribution in [0.25, 0.3) is 0 Å². The second-order valence-electron chi connectivity index (χ2n) is 16.0. The molecular formula is C42H84NO8PS2Se2. The van der Waals surface area contributed by atoms with Gasteiger partial charge in [-0.1, -0.05) is 0 Å². The Hall–Kier alpha value is 0.749. The van der Waals surface area contributed by atoms with Gasteiger partial charge in [0.05, 0.1) is 21.1 Å². The molecule has 0 bridgehead atoms. The quantitative estimate of drug-likeness (QED) is 0.0155. The van der Waals surface area contributed by atoms with Crippen LogP contribution < -0.4 is 4.89 Å². The number of phosphoric ester groups is 1. The van der Waals surface area contributed by atoms with Crippen molar-refractivity contribution in [3.63, 3.8) is 0 Å². The van der Waals surface area contributed by atoms with E-state index in [1.807, 2.05) is 21.1 Å². The van der Waals surface area contributed by atoms with Gasteiger partial charge in [-0.15, -0.1) is 0 Å². The zero-order chi connectivity index (χ0) is 41.4. The predicted molar refractivity (Wildman–Crippen MR) is 242 cm³/mol. The van der Waals surface area contributed by atoms with E-state index < -0.39 is 26.5 Å². The van der Waals surface area contributed by atoms with Gasteiger partial charge in [-0.2, -0.15) is 0 Å². The third-order valence-corrected chi connectivity index (χ3v) is 15.8. The number of carbonyl (C=O) groups is 2. The number of hydrogen-bond donors (Lipinski definition) is 2. The van der Waals surface area contributed by atoms with Gasteiger partial charge in [0, 0.05) is 0 Å². The molecule has 14 heteroatoms. The summed E-state index contributed by atoms with van der Waals surface area (Å²) < 4.78 is 34.0. The number of rotatable bonds is 44. The molecule has 334 valence electrons. The number of nitrogens with zero attached hydrogens (tertiary/aromatic N) is 1. The zero-order valence-electron chi connectivity index (χ0n) is 35.9. The Morgan fingerprint density at radius 1 is 0.554 bits per heavy atom. The van der Waals surface area contributed by atoms with E-state index in [-0.39, 0.29) is 32.0 Å². The molecule has 0 amide bonds. The first-order valence-corrected chi connectivity index (χ1v) is 29.7. The van der Waals surface area contributed by atoms with Crippen LogP contribution in [0.15, 0.2) is 0 Å². The summed E-state index contributed by atoms with van der Waals surface area (Å²) in [5, 5.41) is 5.46. The molecule has 0 N–H and O–H groups in total. The number of phosphoric acid groups is 1. The summed E-state index contributed by atoms with van der Waals surface area (Å²) in [4.78, 5) is 37.6. The molecule has 0 fully saturated rings. The van der Waals surface area contributed by atoms with Gasteiger partial charge >= 0.3 is 310 Å². The zero-order valence-corrected chi connectivity index (χ0v) is 42.0. The second kappa shape index (κ2) is 41.1. The molecule has 0 spiro atoms. The third kappa shape index (κ3) is 44.3. The van der Waals surface area contributed by atoms with Crippen LogP contribution >= 0.6 is 33.1 Å². The Balaban J connectivity index is 4.26. The molecule has 0 saturated heterocycles. The van der Waals surface area contributed by atoms with Crippen LogP contribution in [0.5, 0.6) is 0 Å². The van der Waals surface area contributed by atoms with Crippen LogP contribution in [-0.4, -0.2) is 111 Å². The Kier molecular flexibility index (Phi) is 41.7. The number of likely N-dealkylation sites (N-methyl/N-ethyl adjacent to an activating group) is 1. The third-order valence-electron chi connectivity index (χ3n) is 9.39. The molecule has 0 aromatic rings. The minimum atomic E-state index is -4.62. The second-order valence-corrected chi connectivity index (χ2v) is 23.5. The monoisotopic (exact) mass is 985 g/mol. The van der Waals surface area contributed by atoms with Gasteiger partial charge in [-0.05, 0) is 0 Å². The molecule has 0 aromatic heterocycles. The van der Waals surface area contributed by atoms with Gasteiger partial charge in [0.2, 0.25) is 0 Å². The van der Waals surface area contributed by atoms with Crippen molar-refractivity contribution >= 4 is 74.9 Å². The predicted octanol–water partition coefficient (Wildman–Crippen LogP) is 10.7. The Morgan fingerprint density at radius 2 is 0.929 bits per heavy atom. The van der Waals surface area contributed by atoms with E-state index in [4.69, 9.17) is 18.5 Å². The van der Waals surface area contributed by atoms with Crippen molar-refractivity contribution in [1.82, 2.24) is 0 Å². The molecule has 9 nitrogen and oxygen atoms in total. The number of quaternary nitrogens is 1. The van der Waals surface area contributed by atoms with Gasteiger partial charge in [-0.25, -0.2) is 0 Å². The van der Waals surface area contributed by atoms with E-state index >= 15 is 0 Å². The van der Waals surface area contributed by atoms with Gasteiger partial charge in [0.1, 0.15) is 13.2 Å². The van der Waals surface area contributed by atoms with Crippen molar-refractivity contribution in [3.8, 4) is 0 Å². The minimum absolute atomic E-state index is 0.0272. The number of ether oxygens (including phenoxy) is 2. The topological polar surface area (TPSA) is 111 Å². The van der Waals surface area contributed by atoms with E-state index in [1.165, 1.54) is 137 Å². The fourth-order valence-electron chi connectivity index (χ4n) is 5.87. The summed E-state index contributed by atoms with van der Waals surface area (Å²) in [6, 6.07) is 0. The van der Waals surface area contributed by atoms with Crippen molar-refractivity contribution in [2.75, 3.05) is 59.0 Å². The standard InChI is InChI=1S/C42H84NO8PS2Se2/c1-43(2,3)30-31-49-52(46,47)50-39-40(51-42(45)29-21-13-11-19-27-37-56-35-25-17-9-5-7-15-23-33-54)38-48-41(44)28-20-12-10-18-26-36-55-34-24-16-8-4-6-14-22-32-53/h40H,4-39H2,1-3H3,(H2-,46,47,53,54). The van der Waals surface area contributed by atoms with Crippen molar-refractivity contribution in [2.45, 2.75) is 194 Å². The van der Waals surface area contributed by atoms with Crippen LogP contribution in [0, 0.1) is 0 Å². The van der Waals surface area contributed by atoms with Crippen LogP contribution in [0.2, 0.25) is 21.3 Å². The molecule has 2 unspecified atom stereocenters. The van der Waals surface area contributed by atoms with Crippen LogP contribution in [0.3, 0.4) is 0 Å². The maximum absolute atomic E-state index is 12.7. The SMILES string of the molecule is C[N+](C)(C)CCOP(=O)([O-])OCC(COC(=O)CCCCCCC[Se]CCCCCCCCCS)OC(=O)CCCCCCC[Se]CCCCCCCCCS. The summed E-state index contributed by atoms with van der Waals surface area (Å²) >= 11 is 10.0. The Bertz CT molecular complexity index is 951. The van der Waals surface area contributed by atoms with Crippen LogP contribution in [0.4, 0.5) is 0 Å². The average molecular weight is 984 g/mol. The van der Waals surface area contributed by atoms with Crippen LogP contribution in [0.1, 0.15) is 167 Å². The van der Waals surface area contributed by atoms with E-state index in [2.05, 4.69) is 25.3 Å². The van der Waals surface area contributed by atoms with Gasteiger partial charge in [0.25, 0.3) is 7.82 Å². The van der Waals surface area contributed by atoms with Gasteiger partial charge in [0.15, 0.2) is 0 Å². The van der Waals surface area contributed by atoms with Gasteiger partial charge in [-0.3, -0.25) is 4.57 Å². The number of unbranched alkanes of at least 4 members (excludes halogenated alkanes) is 20. The Labute approximate surface area is 368 Å². The normalized spacial score (nSPS) is 13.5. The summed E-state index contributed by atoms with van der Waals surface area (Å²) in [6.45, 7) is -0.260. The fraction of sp³-hybridized carbons (Fsp3) is 0.952. The number of carbonyl (C=O) groups excluding carboxylic acids is 2. The molecule has 0 aliphatic carbocycles. The number of esters is 2. The fourth-order valence-corrected chi connectivity index (χ4v) is 11.3. The maximum atomic E-state index is 12.7. The molecule has 0 heterocycles. The summed E-state index contributed by atoms with van der Waals surface area (Å²) in [7, 11) is 1.18. The molecule has 0 saturated carbocycles. The summed E-state index contributed by atoms with van der Waals surface area (Å²) in [6.07, 6.45) is 28.7. The van der Waals surface area contributed by atoms with Crippen molar-refractivity contribution < 1.29 is 42.1 Å². The number of hydrogen-bond acceptors (Lipinski definition) is 10. The number of thiol groups is 2. The summed E-state index contributed by atoms with van der Waals surface area (Å²) in [5.41, 5.74) is 0. The molecule has 0 aromatic carbocycles. The average Bonchev–Trinajstić information content (AvgIpc) is 3.15. The van der Waals surface area contributed by atoms with E-state index in [0.29, 0.717) is 17.4 Å².